The second kappa shape index (κ2) is 9.05. The van der Waals surface area contributed by atoms with Gasteiger partial charge in [-0.25, -0.2) is 13.2 Å². The average Bonchev–Trinajstić information content (AvgIpc) is 3.40. The molecule has 1 N–H and O–H groups in total. The lowest BCUT2D eigenvalue weighted by atomic mass is 9.98. The summed E-state index contributed by atoms with van der Waals surface area (Å²) in [6, 6.07) is 9.81. The van der Waals surface area contributed by atoms with E-state index < -0.39 is 35.3 Å². The number of fused-ring (bicyclic) bond motifs is 2. The van der Waals surface area contributed by atoms with Gasteiger partial charge in [-0.1, -0.05) is 6.07 Å². The summed E-state index contributed by atoms with van der Waals surface area (Å²) in [4.78, 5) is 11.0. The van der Waals surface area contributed by atoms with Gasteiger partial charge in [0.25, 0.3) is 0 Å². The van der Waals surface area contributed by atoms with Crippen LogP contribution >= 0.6 is 0 Å². The predicted molar refractivity (Wildman–Crippen MR) is 118 cm³/mol. The van der Waals surface area contributed by atoms with Gasteiger partial charge in [0.15, 0.2) is 17.4 Å². The van der Waals surface area contributed by atoms with E-state index in [1.54, 1.807) is 18.2 Å². The second-order valence-corrected chi connectivity index (χ2v) is 8.41. The Kier molecular flexibility index (Phi) is 5.92. The predicted octanol–water partition coefficient (Wildman–Crippen LogP) is 5.92. The van der Waals surface area contributed by atoms with E-state index in [0.717, 1.165) is 24.8 Å². The Hall–Kier alpha value is -3.88. The molecule has 0 bridgehead atoms. The van der Waals surface area contributed by atoms with Crippen LogP contribution in [0.4, 0.5) is 13.2 Å². The number of ether oxygens (including phenoxy) is 4. The molecule has 0 saturated carbocycles. The largest absolute Gasteiger partial charge is 0.492 e. The van der Waals surface area contributed by atoms with E-state index in [-0.39, 0.29) is 30.4 Å². The van der Waals surface area contributed by atoms with Gasteiger partial charge >= 0.3 is 5.97 Å². The highest BCUT2D eigenvalue weighted by Crippen LogP contribution is 2.44. The van der Waals surface area contributed by atoms with Gasteiger partial charge in [-0.05, 0) is 31.0 Å². The Morgan fingerprint density at radius 3 is 2.54 bits per heavy atom. The van der Waals surface area contributed by atoms with Crippen LogP contribution in [0.1, 0.15) is 41.6 Å². The number of carboxylic acid groups (broad SMARTS) is 1. The van der Waals surface area contributed by atoms with Gasteiger partial charge in [-0.3, -0.25) is 4.79 Å². The Balaban J connectivity index is 1.38. The highest BCUT2D eigenvalue weighted by atomic mass is 19.1. The fourth-order valence-corrected chi connectivity index (χ4v) is 4.65. The highest BCUT2D eigenvalue weighted by Gasteiger charge is 2.32. The summed E-state index contributed by atoms with van der Waals surface area (Å²) >= 11 is 0. The maximum atomic E-state index is 14.8. The van der Waals surface area contributed by atoms with Crippen LogP contribution in [0.2, 0.25) is 0 Å². The lowest BCUT2D eigenvalue weighted by Gasteiger charge is -2.17. The zero-order valence-electron chi connectivity index (χ0n) is 18.6. The number of benzene rings is 3. The Morgan fingerprint density at radius 1 is 1.06 bits per heavy atom. The number of carbonyl (C=O) groups is 1. The lowest BCUT2D eigenvalue weighted by Crippen LogP contribution is -2.07. The molecule has 0 fully saturated rings. The molecule has 6 nitrogen and oxygen atoms in total. The quantitative estimate of drug-likeness (QED) is 0.447. The summed E-state index contributed by atoms with van der Waals surface area (Å²) in [7, 11) is 1.16. The summed E-state index contributed by atoms with van der Waals surface area (Å²) in [5, 5.41) is 9.06. The van der Waals surface area contributed by atoms with Crippen molar-refractivity contribution >= 4 is 5.97 Å². The number of aliphatic carboxylic acids is 1. The molecular weight excluding hydrogens is 465 g/mol. The average molecular weight is 486 g/mol. The molecule has 1 heterocycles. The summed E-state index contributed by atoms with van der Waals surface area (Å²) < 4.78 is 65.1. The van der Waals surface area contributed by atoms with Gasteiger partial charge < -0.3 is 24.1 Å². The number of halogens is 3. The SMILES string of the molecule is COc1c(F)cc(Oc2ccc(F)c3c2CC[C@H]3Oc2ccc3c(c2)OCC3CC(=O)O)cc1F. The van der Waals surface area contributed by atoms with E-state index in [1.165, 1.54) is 12.1 Å². The molecule has 35 heavy (non-hydrogen) atoms. The van der Waals surface area contributed by atoms with E-state index in [1.807, 2.05) is 0 Å². The maximum Gasteiger partial charge on any atom is 0.304 e. The van der Waals surface area contributed by atoms with Crippen molar-refractivity contribution in [3.63, 3.8) is 0 Å². The van der Waals surface area contributed by atoms with E-state index in [4.69, 9.17) is 19.3 Å². The summed E-state index contributed by atoms with van der Waals surface area (Å²) in [6.45, 7) is 0.277. The standard InChI is InChI=1S/C26H21F3O6/c1-32-26-19(28)9-15(10-20(26)29)35-21-7-5-18(27)25-17(21)4-6-22(25)34-14-2-3-16-13(8-24(30)31)12-33-23(16)11-14/h2-3,5,7,9-11,13,22H,4,6,8,12H2,1H3,(H,30,31)/t13?,22-/m1/s1. The Bertz CT molecular complexity index is 1290. The third-order valence-electron chi connectivity index (χ3n) is 6.21. The van der Waals surface area contributed by atoms with Gasteiger partial charge in [0.2, 0.25) is 0 Å². The molecule has 2 aliphatic rings. The molecule has 1 aliphatic carbocycles. The summed E-state index contributed by atoms with van der Waals surface area (Å²) in [5.74, 6) is -2.72. The summed E-state index contributed by atoms with van der Waals surface area (Å²) in [6.07, 6.45) is 0.278. The molecule has 9 heteroatoms. The van der Waals surface area contributed by atoms with Crippen LogP contribution in [-0.4, -0.2) is 24.8 Å². The van der Waals surface area contributed by atoms with Crippen molar-refractivity contribution < 1.29 is 42.0 Å². The van der Waals surface area contributed by atoms with Crippen molar-refractivity contribution in [3.8, 4) is 28.7 Å². The molecule has 0 amide bonds. The molecule has 3 aromatic rings. The van der Waals surface area contributed by atoms with E-state index in [2.05, 4.69) is 4.74 Å². The maximum absolute atomic E-state index is 14.8. The minimum atomic E-state index is -0.910. The third-order valence-corrected chi connectivity index (χ3v) is 6.21. The highest BCUT2D eigenvalue weighted by molar-refractivity contribution is 5.68. The number of hydrogen-bond acceptors (Lipinski definition) is 5. The van der Waals surface area contributed by atoms with Crippen molar-refractivity contribution in [2.75, 3.05) is 13.7 Å². The molecule has 1 unspecified atom stereocenters. The molecule has 3 aromatic carbocycles. The van der Waals surface area contributed by atoms with E-state index >= 15 is 0 Å². The van der Waals surface area contributed by atoms with Crippen LogP contribution in [0.3, 0.4) is 0 Å². The Morgan fingerprint density at radius 2 is 1.83 bits per heavy atom. The number of methoxy groups -OCH3 is 1. The Labute approximate surface area is 198 Å². The summed E-state index contributed by atoms with van der Waals surface area (Å²) in [5.41, 5.74) is 1.68. The lowest BCUT2D eigenvalue weighted by molar-refractivity contribution is -0.137. The number of hydrogen-bond donors (Lipinski definition) is 1. The van der Waals surface area contributed by atoms with Crippen LogP contribution < -0.4 is 18.9 Å². The first-order valence-corrected chi connectivity index (χ1v) is 11.0. The minimum Gasteiger partial charge on any atom is -0.492 e. The van der Waals surface area contributed by atoms with Crippen molar-refractivity contribution in [2.45, 2.75) is 31.3 Å². The second-order valence-electron chi connectivity index (χ2n) is 8.41. The van der Waals surface area contributed by atoms with Crippen molar-refractivity contribution in [1.82, 2.24) is 0 Å². The molecule has 5 rings (SSSR count). The smallest absolute Gasteiger partial charge is 0.304 e. The van der Waals surface area contributed by atoms with Gasteiger partial charge in [0.1, 0.15) is 34.9 Å². The first-order valence-electron chi connectivity index (χ1n) is 11.0. The molecule has 182 valence electrons. The molecule has 1 aliphatic heterocycles. The normalized spacial score (nSPS) is 17.9. The zero-order chi connectivity index (χ0) is 24.7. The third kappa shape index (κ3) is 4.34. The van der Waals surface area contributed by atoms with Gasteiger partial charge in [0.05, 0.1) is 20.1 Å². The molecule has 2 atom stereocenters. The monoisotopic (exact) mass is 486 g/mol. The van der Waals surface area contributed by atoms with Crippen molar-refractivity contribution in [3.05, 3.63) is 76.6 Å². The van der Waals surface area contributed by atoms with E-state index in [0.29, 0.717) is 35.5 Å². The first kappa shape index (κ1) is 22.9. The number of rotatable bonds is 7. The van der Waals surface area contributed by atoms with Crippen LogP contribution in [0.15, 0.2) is 42.5 Å². The molecule has 0 radical (unpaired) electrons. The van der Waals surface area contributed by atoms with E-state index in [9.17, 15) is 18.0 Å². The van der Waals surface area contributed by atoms with Gasteiger partial charge in [-0.15, -0.1) is 0 Å². The fraction of sp³-hybridized carbons (Fsp3) is 0.269. The minimum absolute atomic E-state index is 0.0286. The molecule has 0 aromatic heterocycles. The zero-order valence-corrected chi connectivity index (χ0v) is 18.6. The van der Waals surface area contributed by atoms with Crippen LogP contribution in [0.5, 0.6) is 28.7 Å². The fourth-order valence-electron chi connectivity index (χ4n) is 4.65. The first-order chi connectivity index (χ1) is 16.8. The topological polar surface area (TPSA) is 74.2 Å². The number of carboxylic acids is 1. The van der Waals surface area contributed by atoms with Crippen LogP contribution in [0, 0.1) is 17.5 Å². The molecule has 0 spiro atoms. The van der Waals surface area contributed by atoms with Crippen LogP contribution in [-0.2, 0) is 11.2 Å². The molecule has 0 saturated heterocycles. The van der Waals surface area contributed by atoms with Gasteiger partial charge in [-0.2, -0.15) is 0 Å². The van der Waals surface area contributed by atoms with Crippen molar-refractivity contribution in [1.29, 1.82) is 0 Å². The molecular formula is C26H21F3O6. The van der Waals surface area contributed by atoms with Crippen LogP contribution in [0.25, 0.3) is 0 Å². The van der Waals surface area contributed by atoms with Gasteiger partial charge in [0, 0.05) is 40.8 Å². The van der Waals surface area contributed by atoms with Crippen molar-refractivity contribution in [2.24, 2.45) is 0 Å².